The van der Waals surface area contributed by atoms with Gasteiger partial charge in [-0.1, -0.05) is 16.8 Å². The molecule has 0 spiro atoms. The van der Waals surface area contributed by atoms with Gasteiger partial charge in [-0.05, 0) is 35.9 Å². The fourth-order valence-electron chi connectivity index (χ4n) is 1.78. The molecule has 0 N–H and O–H groups in total. The predicted molar refractivity (Wildman–Crippen MR) is 78.7 cm³/mol. The van der Waals surface area contributed by atoms with Crippen molar-refractivity contribution in [3.05, 3.63) is 63.9 Å². The Bertz CT molecular complexity index is 817. The Morgan fingerprint density at radius 1 is 1.08 bits per heavy atom. The van der Waals surface area contributed by atoms with E-state index in [0.717, 1.165) is 0 Å². The number of carbonyl (C=O) groups is 1. The molecule has 1 aromatic heterocycles. The summed E-state index contributed by atoms with van der Waals surface area (Å²) < 4.78 is 76.4. The van der Waals surface area contributed by atoms with Crippen LogP contribution in [0.5, 0.6) is 0 Å². The summed E-state index contributed by atoms with van der Waals surface area (Å²) >= 11 is 5.64. The van der Waals surface area contributed by atoms with Gasteiger partial charge in [-0.3, -0.25) is 0 Å². The van der Waals surface area contributed by atoms with Crippen molar-refractivity contribution in [2.75, 3.05) is 0 Å². The Kier molecular flexibility index (Phi) is 5.55. The molecule has 4 nitrogen and oxygen atoms in total. The van der Waals surface area contributed by atoms with Crippen LogP contribution in [0.2, 0.25) is 5.15 Å². The zero-order chi connectivity index (χ0) is 19.5. The second-order valence-electron chi connectivity index (χ2n) is 4.79. The number of hydrogen-bond acceptors (Lipinski definition) is 4. The molecule has 1 aromatic carbocycles. The second-order valence-corrected chi connectivity index (χ2v) is 5.15. The van der Waals surface area contributed by atoms with Crippen LogP contribution < -0.4 is 0 Å². The number of benzene rings is 1. The quantitative estimate of drug-likeness (QED) is 0.242. The Morgan fingerprint density at radius 2 is 1.65 bits per heavy atom. The molecular weight excluding hydrogens is 390 g/mol. The molecular formula is C15H7ClF6N2O2. The molecule has 0 saturated carbocycles. The normalized spacial score (nSPS) is 12.4. The number of pyridine rings is 1. The minimum Gasteiger partial charge on any atom is -0.313 e. The van der Waals surface area contributed by atoms with Crippen LogP contribution in [0, 0.1) is 0 Å². The fraction of sp³-hybridized carbons (Fsp3) is 0.133. The summed E-state index contributed by atoms with van der Waals surface area (Å²) in [5.41, 5.74) is -3.77. The largest absolute Gasteiger partial charge is 0.416 e. The molecule has 11 heteroatoms. The average Bonchev–Trinajstić information content (AvgIpc) is 2.53. The first-order valence-electron chi connectivity index (χ1n) is 6.63. The van der Waals surface area contributed by atoms with Crippen molar-refractivity contribution in [3.63, 3.8) is 0 Å². The highest BCUT2D eigenvalue weighted by Gasteiger charge is 2.36. The molecule has 0 bridgehead atoms. The van der Waals surface area contributed by atoms with Crippen LogP contribution in [0.1, 0.15) is 27.0 Å². The lowest BCUT2D eigenvalue weighted by Gasteiger charge is -2.12. The maximum atomic E-state index is 12.7. The van der Waals surface area contributed by atoms with Crippen molar-refractivity contribution in [2.45, 2.75) is 12.4 Å². The number of halogens is 7. The molecule has 0 atom stereocenters. The van der Waals surface area contributed by atoms with E-state index in [1.165, 1.54) is 18.3 Å². The highest BCUT2D eigenvalue weighted by molar-refractivity contribution is 6.32. The van der Waals surface area contributed by atoms with Crippen LogP contribution in [0.15, 0.2) is 41.7 Å². The average molecular weight is 397 g/mol. The molecule has 0 unspecified atom stereocenters. The Labute approximate surface area is 147 Å². The minimum absolute atomic E-state index is 0.0290. The SMILES string of the molecule is O=C(ON=Cc1cc(C(F)(F)F)cc(C(F)(F)F)c1)c1cccnc1Cl. The maximum Gasteiger partial charge on any atom is 0.416 e. The molecule has 0 aliphatic carbocycles. The Balaban J connectivity index is 2.27. The van der Waals surface area contributed by atoms with Gasteiger partial charge in [0.2, 0.25) is 0 Å². The van der Waals surface area contributed by atoms with Crippen LogP contribution in [0.25, 0.3) is 0 Å². The summed E-state index contributed by atoms with van der Waals surface area (Å²) in [6.07, 6.45) is -8.15. The number of rotatable bonds is 3. The second kappa shape index (κ2) is 7.32. The molecule has 26 heavy (non-hydrogen) atoms. The summed E-state index contributed by atoms with van der Waals surface area (Å²) in [6.45, 7) is 0. The molecule has 0 aliphatic heterocycles. The maximum absolute atomic E-state index is 12.7. The third kappa shape index (κ3) is 4.94. The van der Waals surface area contributed by atoms with Crippen LogP contribution in [-0.4, -0.2) is 17.2 Å². The topological polar surface area (TPSA) is 51.5 Å². The van der Waals surface area contributed by atoms with E-state index in [0.29, 0.717) is 18.3 Å². The molecule has 2 aromatic rings. The zero-order valence-electron chi connectivity index (χ0n) is 12.4. The third-order valence-electron chi connectivity index (χ3n) is 2.93. The van der Waals surface area contributed by atoms with Crippen molar-refractivity contribution in [1.82, 2.24) is 4.98 Å². The van der Waals surface area contributed by atoms with Crippen LogP contribution in [0.4, 0.5) is 26.3 Å². The molecule has 0 amide bonds. The monoisotopic (exact) mass is 396 g/mol. The number of aromatic nitrogens is 1. The first kappa shape index (κ1) is 19.7. The standard InChI is InChI=1S/C15H7ClF6N2O2/c16-12-11(2-1-3-23-12)13(25)26-24-7-8-4-9(14(17,18)19)6-10(5-8)15(20,21)22/h1-7H. The van der Waals surface area contributed by atoms with Crippen LogP contribution in [0.3, 0.4) is 0 Å². The van der Waals surface area contributed by atoms with E-state index in [-0.39, 0.29) is 16.8 Å². The van der Waals surface area contributed by atoms with Gasteiger partial charge in [0.15, 0.2) is 0 Å². The van der Waals surface area contributed by atoms with E-state index in [9.17, 15) is 31.1 Å². The van der Waals surface area contributed by atoms with Gasteiger partial charge in [0.1, 0.15) is 5.15 Å². The highest BCUT2D eigenvalue weighted by Crippen LogP contribution is 2.36. The number of nitrogens with zero attached hydrogens (tertiary/aromatic N) is 2. The number of hydrogen-bond donors (Lipinski definition) is 0. The van der Waals surface area contributed by atoms with E-state index < -0.39 is 35.0 Å². The van der Waals surface area contributed by atoms with Gasteiger partial charge in [-0.25, -0.2) is 9.78 Å². The van der Waals surface area contributed by atoms with Crippen molar-refractivity contribution >= 4 is 23.8 Å². The molecule has 0 radical (unpaired) electrons. The molecule has 0 saturated heterocycles. The van der Waals surface area contributed by atoms with Gasteiger partial charge in [0, 0.05) is 6.20 Å². The fourth-order valence-corrected chi connectivity index (χ4v) is 1.97. The van der Waals surface area contributed by atoms with Crippen molar-refractivity contribution in [1.29, 1.82) is 0 Å². The number of oxime groups is 1. The van der Waals surface area contributed by atoms with Gasteiger partial charge in [-0.2, -0.15) is 26.3 Å². The van der Waals surface area contributed by atoms with Gasteiger partial charge in [0.25, 0.3) is 0 Å². The van der Waals surface area contributed by atoms with Crippen molar-refractivity contribution in [3.8, 4) is 0 Å². The van der Waals surface area contributed by atoms with Gasteiger partial charge in [0.05, 0.1) is 22.9 Å². The zero-order valence-corrected chi connectivity index (χ0v) is 13.2. The lowest BCUT2D eigenvalue weighted by Crippen LogP contribution is -2.11. The van der Waals surface area contributed by atoms with E-state index in [4.69, 9.17) is 11.6 Å². The first-order valence-corrected chi connectivity index (χ1v) is 7.01. The number of alkyl halides is 6. The van der Waals surface area contributed by atoms with Crippen molar-refractivity contribution in [2.24, 2.45) is 5.16 Å². The molecule has 0 aliphatic rings. The summed E-state index contributed by atoms with van der Waals surface area (Å²) in [7, 11) is 0. The van der Waals surface area contributed by atoms with E-state index in [1.54, 1.807) is 0 Å². The molecule has 1 heterocycles. The Hall–Kier alpha value is -2.62. The minimum atomic E-state index is -5.00. The summed E-state index contributed by atoms with van der Waals surface area (Å²) in [5, 5.41) is 2.91. The molecule has 138 valence electrons. The number of carbonyl (C=O) groups excluding carboxylic acids is 1. The van der Waals surface area contributed by atoms with E-state index in [2.05, 4.69) is 15.0 Å². The summed E-state index contributed by atoms with van der Waals surface area (Å²) in [4.78, 5) is 19.7. The van der Waals surface area contributed by atoms with E-state index in [1.807, 2.05) is 0 Å². The third-order valence-corrected chi connectivity index (χ3v) is 3.23. The predicted octanol–water partition coefficient (Wildman–Crippen LogP) is 4.96. The highest BCUT2D eigenvalue weighted by atomic mass is 35.5. The van der Waals surface area contributed by atoms with E-state index >= 15 is 0 Å². The van der Waals surface area contributed by atoms with Crippen molar-refractivity contribution < 1.29 is 36.0 Å². The lowest BCUT2D eigenvalue weighted by atomic mass is 10.1. The van der Waals surface area contributed by atoms with Gasteiger partial charge >= 0.3 is 18.3 Å². The van der Waals surface area contributed by atoms with Crippen LogP contribution >= 0.6 is 11.6 Å². The molecule has 2 rings (SSSR count). The van der Waals surface area contributed by atoms with Gasteiger partial charge in [-0.15, -0.1) is 0 Å². The van der Waals surface area contributed by atoms with Gasteiger partial charge < -0.3 is 4.84 Å². The smallest absolute Gasteiger partial charge is 0.313 e. The Morgan fingerprint density at radius 3 is 2.15 bits per heavy atom. The summed E-state index contributed by atoms with van der Waals surface area (Å²) in [5.74, 6) is -1.08. The molecule has 0 fully saturated rings. The lowest BCUT2D eigenvalue weighted by molar-refractivity contribution is -0.143. The first-order chi connectivity index (χ1) is 12.0. The summed E-state index contributed by atoms with van der Waals surface area (Å²) in [6, 6.07) is 3.46. The van der Waals surface area contributed by atoms with Crippen LogP contribution in [-0.2, 0) is 17.2 Å².